The van der Waals surface area contributed by atoms with Crippen molar-refractivity contribution in [1.82, 2.24) is 14.7 Å². The lowest BCUT2D eigenvalue weighted by atomic mass is 10.1. The monoisotopic (exact) mass is 431 g/mol. The highest BCUT2D eigenvalue weighted by molar-refractivity contribution is 5.89. The molecule has 0 aliphatic carbocycles. The van der Waals surface area contributed by atoms with Crippen molar-refractivity contribution in [1.29, 1.82) is 0 Å². The van der Waals surface area contributed by atoms with Gasteiger partial charge in [0.05, 0.1) is 12.5 Å². The fourth-order valence-corrected chi connectivity index (χ4v) is 4.12. The summed E-state index contributed by atoms with van der Waals surface area (Å²) < 4.78 is 11.2. The molecule has 1 atom stereocenters. The minimum Gasteiger partial charge on any atom is -0.490 e. The van der Waals surface area contributed by atoms with Crippen LogP contribution in [0, 0.1) is 5.92 Å². The first-order chi connectivity index (χ1) is 14.9. The number of likely N-dealkylation sites (tertiary alicyclic amines) is 1. The van der Waals surface area contributed by atoms with E-state index in [1.54, 1.807) is 20.8 Å². The molecule has 0 saturated carbocycles. The first-order valence-electron chi connectivity index (χ1n) is 11.1. The van der Waals surface area contributed by atoms with Gasteiger partial charge in [-0.3, -0.25) is 14.4 Å². The first-order valence-corrected chi connectivity index (χ1v) is 11.1. The van der Waals surface area contributed by atoms with Crippen molar-refractivity contribution < 1.29 is 23.9 Å². The van der Waals surface area contributed by atoms with Crippen molar-refractivity contribution in [3.63, 3.8) is 0 Å². The number of carbonyl (C=O) groups is 3. The van der Waals surface area contributed by atoms with Crippen LogP contribution in [0.1, 0.15) is 33.6 Å². The molecule has 0 spiro atoms. The third kappa shape index (κ3) is 5.68. The Hall–Kier alpha value is -2.77. The molecule has 2 fully saturated rings. The molecule has 2 heterocycles. The van der Waals surface area contributed by atoms with E-state index in [0.717, 1.165) is 0 Å². The SMILES string of the molecule is CCOc1ccccc1OCC(=O)N1CCCN(C(=O)C2CC(=O)N(C(C)C)C2)CC1. The molecule has 0 bridgehead atoms. The fourth-order valence-electron chi connectivity index (χ4n) is 4.12. The summed E-state index contributed by atoms with van der Waals surface area (Å²) in [4.78, 5) is 43.1. The molecule has 2 aliphatic rings. The fraction of sp³-hybridized carbons (Fsp3) is 0.609. The zero-order valence-electron chi connectivity index (χ0n) is 18.7. The Balaban J connectivity index is 1.51. The Labute approximate surface area is 184 Å². The molecule has 3 amide bonds. The van der Waals surface area contributed by atoms with Crippen LogP contribution >= 0.6 is 0 Å². The van der Waals surface area contributed by atoms with E-state index >= 15 is 0 Å². The topological polar surface area (TPSA) is 79.4 Å². The highest BCUT2D eigenvalue weighted by Crippen LogP contribution is 2.26. The number of ether oxygens (including phenoxy) is 2. The van der Waals surface area contributed by atoms with Gasteiger partial charge in [-0.05, 0) is 39.3 Å². The maximum atomic E-state index is 13.0. The molecule has 1 aromatic carbocycles. The highest BCUT2D eigenvalue weighted by Gasteiger charge is 2.37. The van der Waals surface area contributed by atoms with E-state index in [0.29, 0.717) is 57.3 Å². The molecule has 170 valence electrons. The molecule has 31 heavy (non-hydrogen) atoms. The second-order valence-electron chi connectivity index (χ2n) is 8.27. The zero-order chi connectivity index (χ0) is 22.4. The van der Waals surface area contributed by atoms with E-state index in [9.17, 15) is 14.4 Å². The Morgan fingerprint density at radius 1 is 1.03 bits per heavy atom. The molecular weight excluding hydrogens is 398 g/mol. The van der Waals surface area contributed by atoms with Crippen LogP contribution in [0.3, 0.4) is 0 Å². The largest absolute Gasteiger partial charge is 0.490 e. The molecule has 0 radical (unpaired) electrons. The number of rotatable bonds is 7. The summed E-state index contributed by atoms with van der Waals surface area (Å²) in [5.74, 6) is 0.840. The van der Waals surface area contributed by atoms with Crippen molar-refractivity contribution in [2.45, 2.75) is 39.7 Å². The average molecular weight is 432 g/mol. The number of para-hydroxylation sites is 2. The van der Waals surface area contributed by atoms with E-state index < -0.39 is 0 Å². The quantitative estimate of drug-likeness (QED) is 0.658. The van der Waals surface area contributed by atoms with Crippen LogP contribution < -0.4 is 9.47 Å². The van der Waals surface area contributed by atoms with Crippen molar-refractivity contribution >= 4 is 17.7 Å². The van der Waals surface area contributed by atoms with Gasteiger partial charge in [-0.15, -0.1) is 0 Å². The molecule has 0 N–H and O–H groups in total. The molecule has 8 heteroatoms. The number of amides is 3. The number of hydrogen-bond donors (Lipinski definition) is 0. The lowest BCUT2D eigenvalue weighted by Gasteiger charge is -2.25. The van der Waals surface area contributed by atoms with Gasteiger partial charge < -0.3 is 24.2 Å². The third-order valence-corrected chi connectivity index (χ3v) is 5.79. The Morgan fingerprint density at radius 2 is 1.68 bits per heavy atom. The van der Waals surface area contributed by atoms with Crippen LogP contribution in [0.15, 0.2) is 24.3 Å². The van der Waals surface area contributed by atoms with Crippen molar-refractivity contribution in [2.24, 2.45) is 5.92 Å². The summed E-state index contributed by atoms with van der Waals surface area (Å²) in [6, 6.07) is 7.40. The van der Waals surface area contributed by atoms with Crippen LogP contribution in [0.5, 0.6) is 11.5 Å². The van der Waals surface area contributed by atoms with E-state index in [4.69, 9.17) is 9.47 Å². The summed E-state index contributed by atoms with van der Waals surface area (Å²) in [6.07, 6.45) is 0.991. The van der Waals surface area contributed by atoms with Gasteiger partial charge in [0.2, 0.25) is 11.8 Å². The van der Waals surface area contributed by atoms with Gasteiger partial charge in [-0.1, -0.05) is 12.1 Å². The molecule has 3 rings (SSSR count). The van der Waals surface area contributed by atoms with E-state index in [1.165, 1.54) is 0 Å². The Bertz CT molecular complexity index is 797. The minimum absolute atomic E-state index is 0.0210. The number of benzene rings is 1. The van der Waals surface area contributed by atoms with Crippen LogP contribution in [-0.4, -0.2) is 84.4 Å². The predicted octanol–water partition coefficient (Wildman–Crippen LogP) is 1.78. The third-order valence-electron chi connectivity index (χ3n) is 5.79. The lowest BCUT2D eigenvalue weighted by molar-refractivity contribution is -0.137. The number of nitrogens with zero attached hydrogens (tertiary/aromatic N) is 3. The second-order valence-corrected chi connectivity index (χ2v) is 8.27. The Kier molecular flexibility index (Phi) is 7.76. The maximum Gasteiger partial charge on any atom is 0.260 e. The molecular formula is C23H33N3O5. The van der Waals surface area contributed by atoms with E-state index in [2.05, 4.69) is 0 Å². The maximum absolute atomic E-state index is 13.0. The standard InChI is InChI=1S/C23H33N3O5/c1-4-30-19-8-5-6-9-20(19)31-16-22(28)24-10-7-11-25(13-12-24)23(29)18-14-21(27)26(15-18)17(2)3/h5-6,8-9,17-18H,4,7,10-16H2,1-3H3. The van der Waals surface area contributed by atoms with Gasteiger partial charge in [-0.25, -0.2) is 0 Å². The minimum atomic E-state index is -0.282. The molecule has 2 saturated heterocycles. The highest BCUT2D eigenvalue weighted by atomic mass is 16.5. The molecule has 2 aliphatic heterocycles. The van der Waals surface area contributed by atoms with Gasteiger partial charge in [-0.2, -0.15) is 0 Å². The predicted molar refractivity (Wildman–Crippen MR) is 116 cm³/mol. The summed E-state index contributed by atoms with van der Waals surface area (Å²) >= 11 is 0. The summed E-state index contributed by atoms with van der Waals surface area (Å²) in [5.41, 5.74) is 0. The summed E-state index contributed by atoms with van der Waals surface area (Å²) in [7, 11) is 0. The zero-order valence-corrected chi connectivity index (χ0v) is 18.7. The van der Waals surface area contributed by atoms with Crippen LogP contribution in [-0.2, 0) is 14.4 Å². The van der Waals surface area contributed by atoms with Crippen LogP contribution in [0.4, 0.5) is 0 Å². The van der Waals surface area contributed by atoms with E-state index in [-0.39, 0.29) is 42.7 Å². The molecule has 8 nitrogen and oxygen atoms in total. The van der Waals surface area contributed by atoms with Gasteiger partial charge in [0.15, 0.2) is 18.1 Å². The Morgan fingerprint density at radius 3 is 2.32 bits per heavy atom. The molecule has 0 aromatic heterocycles. The first kappa shape index (κ1) is 22.9. The van der Waals surface area contributed by atoms with Gasteiger partial charge in [0, 0.05) is 45.2 Å². The summed E-state index contributed by atoms with van der Waals surface area (Å²) in [6.45, 7) is 8.90. The van der Waals surface area contributed by atoms with Crippen molar-refractivity contribution in [3.8, 4) is 11.5 Å². The van der Waals surface area contributed by atoms with Crippen molar-refractivity contribution in [2.75, 3.05) is 45.9 Å². The smallest absolute Gasteiger partial charge is 0.260 e. The van der Waals surface area contributed by atoms with Crippen LogP contribution in [0.25, 0.3) is 0 Å². The molecule has 1 aromatic rings. The van der Waals surface area contributed by atoms with Gasteiger partial charge in [0.1, 0.15) is 0 Å². The van der Waals surface area contributed by atoms with Crippen LogP contribution in [0.2, 0.25) is 0 Å². The van der Waals surface area contributed by atoms with Crippen molar-refractivity contribution in [3.05, 3.63) is 24.3 Å². The van der Waals surface area contributed by atoms with Gasteiger partial charge in [0.25, 0.3) is 5.91 Å². The number of hydrogen-bond acceptors (Lipinski definition) is 5. The normalized spacial score (nSPS) is 19.5. The van der Waals surface area contributed by atoms with E-state index in [1.807, 2.05) is 39.0 Å². The second kappa shape index (κ2) is 10.5. The van der Waals surface area contributed by atoms with Gasteiger partial charge >= 0.3 is 0 Å². The molecule has 1 unspecified atom stereocenters. The lowest BCUT2D eigenvalue weighted by Crippen LogP contribution is -2.42. The summed E-state index contributed by atoms with van der Waals surface area (Å²) in [5, 5.41) is 0. The number of carbonyl (C=O) groups excluding carboxylic acids is 3. The average Bonchev–Trinajstić information content (AvgIpc) is 2.98.